The van der Waals surface area contributed by atoms with Crippen LogP contribution in [0, 0.1) is 0 Å². The van der Waals surface area contributed by atoms with Crippen LogP contribution in [0.5, 0.6) is 0 Å². The molecule has 19 heteroatoms. The number of phosphoric ester groups is 2. The number of carbonyl (C=O) groups excluding carboxylic acids is 4. The molecule has 0 spiro atoms. The Morgan fingerprint density at radius 2 is 0.455 bits per heavy atom. The predicted molar refractivity (Wildman–Crippen MR) is 354 cm³/mol. The minimum atomic E-state index is -4.95. The third-order valence-electron chi connectivity index (χ3n) is 16.1. The predicted octanol–water partition coefficient (Wildman–Crippen LogP) is 19.9. The van der Waals surface area contributed by atoms with E-state index in [1.807, 2.05) is 0 Å². The maximum Gasteiger partial charge on any atom is 0.472 e. The van der Waals surface area contributed by atoms with Crippen LogP contribution in [0.2, 0.25) is 0 Å². The van der Waals surface area contributed by atoms with E-state index >= 15 is 0 Å². The van der Waals surface area contributed by atoms with Crippen LogP contribution in [-0.2, 0) is 65.4 Å². The van der Waals surface area contributed by atoms with Gasteiger partial charge < -0.3 is 33.8 Å². The lowest BCUT2D eigenvalue weighted by atomic mass is 10.0. The normalized spacial score (nSPS) is 14.0. The maximum atomic E-state index is 13.0. The van der Waals surface area contributed by atoms with E-state index in [1.54, 1.807) is 0 Å². The molecule has 3 N–H and O–H groups in total. The number of aliphatic hydroxyl groups is 1. The number of ether oxygens (including phenoxy) is 4. The second-order valence-corrected chi connectivity index (χ2v) is 27.8. The second-order valence-electron chi connectivity index (χ2n) is 24.9. The molecule has 0 amide bonds. The fourth-order valence-corrected chi connectivity index (χ4v) is 12.1. The summed E-state index contributed by atoms with van der Waals surface area (Å²) in [6, 6.07) is 0. The summed E-state index contributed by atoms with van der Waals surface area (Å²) >= 11 is 0. The highest BCUT2D eigenvalue weighted by molar-refractivity contribution is 7.47. The van der Waals surface area contributed by atoms with Crippen molar-refractivity contribution in [1.82, 2.24) is 0 Å². The minimum absolute atomic E-state index is 0.103. The van der Waals surface area contributed by atoms with E-state index in [0.717, 1.165) is 109 Å². The number of aliphatic hydroxyl groups excluding tert-OH is 1. The van der Waals surface area contributed by atoms with Crippen LogP contribution >= 0.6 is 15.6 Å². The van der Waals surface area contributed by atoms with Crippen molar-refractivity contribution in [2.45, 2.75) is 380 Å². The molecule has 0 saturated carbocycles. The van der Waals surface area contributed by atoms with E-state index in [9.17, 15) is 43.2 Å². The number of phosphoric acid groups is 2. The van der Waals surface area contributed by atoms with Crippen LogP contribution in [0.15, 0.2) is 0 Å². The highest BCUT2D eigenvalue weighted by Crippen LogP contribution is 2.45. The van der Waals surface area contributed by atoms with Gasteiger partial charge in [-0.2, -0.15) is 0 Å². The van der Waals surface area contributed by atoms with Gasteiger partial charge in [-0.3, -0.25) is 37.3 Å². The van der Waals surface area contributed by atoms with Gasteiger partial charge in [0, 0.05) is 25.7 Å². The van der Waals surface area contributed by atoms with Gasteiger partial charge in [0.25, 0.3) is 0 Å². The standard InChI is InChI=1S/C69H134O17P2/c1-5-9-13-17-20-22-24-26-28-29-30-31-32-33-34-35-37-39-41-44-48-52-56-69(74)86-65(60-80-67(72)54-50-46-43-40-38-36-27-25-23-21-18-14-10-6-2)62-84-88(77,78)82-58-63(70)57-81-87(75,76)83-61-64(59-79-66(71)53-49-45-16-12-8-4)85-68(73)55-51-47-42-19-15-11-7-3/h63-65,70H,5-62H2,1-4H3,(H,75,76)(H,77,78)/t63-,64+,65+/m0/s1. The van der Waals surface area contributed by atoms with Crippen molar-refractivity contribution in [3.05, 3.63) is 0 Å². The van der Waals surface area contributed by atoms with E-state index in [2.05, 4.69) is 27.7 Å². The molecule has 0 saturated heterocycles. The summed E-state index contributed by atoms with van der Waals surface area (Å²) in [6.45, 7) is 4.79. The lowest BCUT2D eigenvalue weighted by Gasteiger charge is -2.21. The van der Waals surface area contributed by atoms with Gasteiger partial charge >= 0.3 is 39.5 Å². The SMILES string of the molecule is CCCCCCCCCCCCCCCCCCCCCCCCC(=O)O[C@H](COC(=O)CCCCCCCCCCCCCCCC)COP(=O)(O)OC[C@@H](O)COP(=O)(O)OC[C@@H](COC(=O)CCCCCCC)OC(=O)CCCCCCCCC. The van der Waals surface area contributed by atoms with E-state index in [-0.39, 0.29) is 25.7 Å². The Morgan fingerprint density at radius 3 is 0.670 bits per heavy atom. The quantitative estimate of drug-likeness (QED) is 0.0222. The molecule has 0 aromatic carbocycles. The van der Waals surface area contributed by atoms with E-state index in [0.29, 0.717) is 25.7 Å². The summed E-state index contributed by atoms with van der Waals surface area (Å²) in [5.74, 6) is -2.14. The summed E-state index contributed by atoms with van der Waals surface area (Å²) in [4.78, 5) is 72.0. The zero-order chi connectivity index (χ0) is 64.7. The summed E-state index contributed by atoms with van der Waals surface area (Å²) in [5, 5.41) is 10.5. The van der Waals surface area contributed by atoms with Crippen LogP contribution in [0.1, 0.15) is 362 Å². The van der Waals surface area contributed by atoms with Crippen molar-refractivity contribution in [3.63, 3.8) is 0 Å². The molecule has 2 unspecified atom stereocenters. The molecule has 0 bridgehead atoms. The van der Waals surface area contributed by atoms with Crippen molar-refractivity contribution in [2.75, 3.05) is 39.6 Å². The number of unbranched alkanes of at least 4 members (excludes halogenated alkanes) is 44. The van der Waals surface area contributed by atoms with Crippen LogP contribution < -0.4 is 0 Å². The van der Waals surface area contributed by atoms with E-state index < -0.39 is 97.5 Å². The molecule has 0 radical (unpaired) electrons. The smallest absolute Gasteiger partial charge is 0.462 e. The number of hydrogen-bond donors (Lipinski definition) is 3. The topological polar surface area (TPSA) is 237 Å². The van der Waals surface area contributed by atoms with Gasteiger partial charge in [-0.05, 0) is 25.7 Å². The fraction of sp³-hybridized carbons (Fsp3) is 0.942. The summed E-state index contributed by atoms with van der Waals surface area (Å²) < 4.78 is 67.9. The first-order valence-electron chi connectivity index (χ1n) is 36.3. The Morgan fingerprint density at radius 1 is 0.273 bits per heavy atom. The zero-order valence-corrected chi connectivity index (χ0v) is 58.5. The average Bonchev–Trinajstić information content (AvgIpc) is 3.72. The number of hydrogen-bond acceptors (Lipinski definition) is 15. The van der Waals surface area contributed by atoms with Gasteiger partial charge in [-0.15, -0.1) is 0 Å². The third kappa shape index (κ3) is 62.8. The highest BCUT2D eigenvalue weighted by Gasteiger charge is 2.30. The molecule has 522 valence electrons. The minimum Gasteiger partial charge on any atom is -0.462 e. The van der Waals surface area contributed by atoms with Gasteiger partial charge in [-0.1, -0.05) is 310 Å². The number of esters is 4. The molecular weight excluding hydrogens is 1160 g/mol. The van der Waals surface area contributed by atoms with Crippen LogP contribution in [0.3, 0.4) is 0 Å². The van der Waals surface area contributed by atoms with Gasteiger partial charge in [-0.25, -0.2) is 9.13 Å². The Kier molecular flexibility index (Phi) is 62.4. The van der Waals surface area contributed by atoms with Crippen LogP contribution in [0.25, 0.3) is 0 Å². The molecule has 0 rings (SSSR count). The maximum absolute atomic E-state index is 13.0. The second kappa shape index (κ2) is 63.8. The van der Waals surface area contributed by atoms with Crippen LogP contribution in [-0.4, -0.2) is 96.7 Å². The molecule has 0 aliphatic carbocycles. The molecule has 88 heavy (non-hydrogen) atoms. The summed E-state index contributed by atoms with van der Waals surface area (Å²) in [7, 11) is -9.88. The molecule has 17 nitrogen and oxygen atoms in total. The third-order valence-corrected chi connectivity index (χ3v) is 18.0. The first-order chi connectivity index (χ1) is 42.7. The molecule has 0 aliphatic rings. The highest BCUT2D eigenvalue weighted by atomic mass is 31.2. The van der Waals surface area contributed by atoms with Gasteiger partial charge in [0.15, 0.2) is 12.2 Å². The van der Waals surface area contributed by atoms with Crippen molar-refractivity contribution in [3.8, 4) is 0 Å². The van der Waals surface area contributed by atoms with Crippen molar-refractivity contribution < 1.29 is 80.2 Å². The number of carbonyl (C=O) groups is 4. The molecule has 0 aliphatic heterocycles. The fourth-order valence-electron chi connectivity index (χ4n) is 10.5. The van der Waals surface area contributed by atoms with Gasteiger partial charge in [0.2, 0.25) is 0 Å². The molecule has 0 aromatic heterocycles. The monoisotopic (exact) mass is 1300 g/mol. The summed E-state index contributed by atoms with van der Waals surface area (Å²) in [5.41, 5.74) is 0. The van der Waals surface area contributed by atoms with Crippen molar-refractivity contribution in [1.29, 1.82) is 0 Å². The molecular formula is C69H134O17P2. The molecule has 0 heterocycles. The first kappa shape index (κ1) is 86.1. The van der Waals surface area contributed by atoms with E-state index in [1.165, 1.54) is 173 Å². The first-order valence-corrected chi connectivity index (χ1v) is 39.3. The largest absolute Gasteiger partial charge is 0.472 e. The lowest BCUT2D eigenvalue weighted by molar-refractivity contribution is -0.161. The number of rotatable bonds is 70. The van der Waals surface area contributed by atoms with Gasteiger partial charge in [0.1, 0.15) is 19.3 Å². The molecule has 0 fully saturated rings. The van der Waals surface area contributed by atoms with E-state index in [4.69, 9.17) is 37.0 Å². The lowest BCUT2D eigenvalue weighted by Crippen LogP contribution is -2.30. The zero-order valence-electron chi connectivity index (χ0n) is 56.7. The average molecular weight is 1300 g/mol. The van der Waals surface area contributed by atoms with Crippen molar-refractivity contribution in [2.24, 2.45) is 0 Å². The van der Waals surface area contributed by atoms with Gasteiger partial charge in [0.05, 0.1) is 26.4 Å². The van der Waals surface area contributed by atoms with Crippen LogP contribution in [0.4, 0.5) is 0 Å². The van der Waals surface area contributed by atoms with Crippen molar-refractivity contribution >= 4 is 39.5 Å². The Bertz CT molecular complexity index is 1690. The summed E-state index contributed by atoms with van der Waals surface area (Å²) in [6.07, 6.45) is 52.1. The Balaban J connectivity index is 5.05. The molecule has 0 aromatic rings. The molecule has 5 atom stereocenters. The Hall–Kier alpha value is -1.94. The Labute approximate surface area is 537 Å².